The minimum atomic E-state index is -4.76. The fourth-order valence-electron chi connectivity index (χ4n) is 4.86. The molecule has 36 heavy (non-hydrogen) atoms. The molecule has 0 radical (unpaired) electrons. The first-order valence-electron chi connectivity index (χ1n) is 11.7. The van der Waals surface area contributed by atoms with Crippen LogP contribution in [0.4, 0.5) is 32.0 Å². The average molecular weight is 515 g/mol. The normalized spacial score (nSPS) is 18.4. The maximum atomic E-state index is 13.4. The van der Waals surface area contributed by atoms with E-state index in [1.807, 2.05) is 25.1 Å². The van der Waals surface area contributed by atoms with Crippen molar-refractivity contribution in [1.29, 1.82) is 0 Å². The van der Waals surface area contributed by atoms with Gasteiger partial charge in [0.1, 0.15) is 5.75 Å². The predicted octanol–water partition coefficient (Wildman–Crippen LogP) is 6.54. The summed E-state index contributed by atoms with van der Waals surface area (Å²) in [5.74, 6) is 0.238. The first-order valence-corrected chi connectivity index (χ1v) is 11.7. The van der Waals surface area contributed by atoms with Crippen molar-refractivity contribution in [3.8, 4) is 5.75 Å². The molecular weight excluding hydrogens is 488 g/mol. The minimum absolute atomic E-state index is 0.00175. The van der Waals surface area contributed by atoms with Gasteiger partial charge in [0.05, 0.1) is 30.8 Å². The highest BCUT2D eigenvalue weighted by atomic mass is 19.4. The number of benzene rings is 2. The lowest BCUT2D eigenvalue weighted by molar-refractivity contribution is -0.145. The van der Waals surface area contributed by atoms with Crippen LogP contribution >= 0.6 is 0 Å². The van der Waals surface area contributed by atoms with Crippen molar-refractivity contribution in [2.24, 2.45) is 17.8 Å². The first kappa shape index (κ1) is 26.2. The number of carbonyl (C=O) groups excluding carboxylic acids is 1. The summed E-state index contributed by atoms with van der Waals surface area (Å²) in [6.45, 7) is 2.34. The van der Waals surface area contributed by atoms with Crippen molar-refractivity contribution >= 4 is 11.7 Å². The maximum absolute atomic E-state index is 13.4. The number of esters is 1. The molecule has 1 saturated heterocycles. The molecule has 1 saturated carbocycles. The van der Waals surface area contributed by atoms with Crippen LogP contribution in [0.25, 0.3) is 0 Å². The lowest BCUT2D eigenvalue weighted by atomic mass is 9.83. The van der Waals surface area contributed by atoms with Gasteiger partial charge in [0.15, 0.2) is 0 Å². The maximum Gasteiger partial charge on any atom is 0.418 e. The number of ether oxygens (including phenoxy) is 2. The van der Waals surface area contributed by atoms with E-state index in [-0.39, 0.29) is 43.4 Å². The molecule has 196 valence electrons. The van der Waals surface area contributed by atoms with Crippen molar-refractivity contribution in [2.45, 2.75) is 38.0 Å². The van der Waals surface area contributed by atoms with E-state index < -0.39 is 29.2 Å². The average Bonchev–Trinajstić information content (AvgIpc) is 3.61. The lowest BCUT2D eigenvalue weighted by Crippen LogP contribution is -2.50. The van der Waals surface area contributed by atoms with Crippen LogP contribution in [0.2, 0.25) is 0 Å². The molecule has 2 aromatic rings. The fourth-order valence-corrected chi connectivity index (χ4v) is 4.86. The SMILES string of the molecule is COC(=O)[C@@H](C)[C@H](c1cccc(OCC2CN(c3cc(C(F)(F)F)ccc3C(F)(F)F)C2)c1)C1CC1. The molecule has 1 heterocycles. The zero-order valence-electron chi connectivity index (χ0n) is 19.8. The zero-order valence-corrected chi connectivity index (χ0v) is 19.8. The Hall–Kier alpha value is -2.91. The Labute approximate surface area is 205 Å². The summed E-state index contributed by atoms with van der Waals surface area (Å²) in [4.78, 5) is 13.4. The quantitative estimate of drug-likeness (QED) is 0.296. The van der Waals surface area contributed by atoms with Crippen LogP contribution in [0.3, 0.4) is 0 Å². The number of anilines is 1. The molecule has 1 aliphatic carbocycles. The summed E-state index contributed by atoms with van der Waals surface area (Å²) < 4.78 is 90.2. The van der Waals surface area contributed by atoms with E-state index in [4.69, 9.17) is 9.47 Å². The molecule has 2 atom stereocenters. The van der Waals surface area contributed by atoms with Gasteiger partial charge in [-0.2, -0.15) is 26.3 Å². The predicted molar refractivity (Wildman–Crippen MR) is 121 cm³/mol. The van der Waals surface area contributed by atoms with Gasteiger partial charge >= 0.3 is 18.3 Å². The van der Waals surface area contributed by atoms with Gasteiger partial charge in [-0.1, -0.05) is 19.1 Å². The molecular formula is C26H27F6NO3. The third kappa shape index (κ3) is 5.73. The van der Waals surface area contributed by atoms with Gasteiger partial charge in [-0.05, 0) is 60.6 Å². The van der Waals surface area contributed by atoms with Gasteiger partial charge in [0.25, 0.3) is 0 Å². The third-order valence-electron chi connectivity index (χ3n) is 6.90. The van der Waals surface area contributed by atoms with E-state index in [9.17, 15) is 31.1 Å². The van der Waals surface area contributed by atoms with Gasteiger partial charge in [-0.25, -0.2) is 0 Å². The Balaban J connectivity index is 1.41. The highest BCUT2D eigenvalue weighted by Crippen LogP contribution is 2.47. The Morgan fingerprint density at radius 3 is 2.31 bits per heavy atom. The first-order chi connectivity index (χ1) is 16.9. The van der Waals surface area contributed by atoms with Crippen molar-refractivity contribution in [3.63, 3.8) is 0 Å². The van der Waals surface area contributed by atoms with E-state index in [1.54, 1.807) is 6.07 Å². The highest BCUT2D eigenvalue weighted by molar-refractivity contribution is 5.73. The molecule has 0 bridgehead atoms. The summed E-state index contributed by atoms with van der Waals surface area (Å²) in [7, 11) is 1.36. The standard InChI is InChI=1S/C26H27F6NO3/c1-15(24(34)35-2)23(17-6-7-17)18-4-3-5-20(10-18)36-14-16-12-33(13-16)22-11-19(25(27,28)29)8-9-21(22)26(30,31)32/h3-5,8-11,15-17,23H,6-7,12-14H2,1-2H3/t15-,23-/m0/s1. The molecule has 1 aliphatic heterocycles. The molecule has 4 nitrogen and oxygen atoms in total. The largest absolute Gasteiger partial charge is 0.493 e. The van der Waals surface area contributed by atoms with Crippen LogP contribution in [0.1, 0.15) is 42.4 Å². The van der Waals surface area contributed by atoms with Crippen molar-refractivity contribution in [1.82, 2.24) is 0 Å². The number of carbonyl (C=O) groups is 1. The summed E-state index contributed by atoms with van der Waals surface area (Å²) >= 11 is 0. The fraction of sp³-hybridized carbons (Fsp3) is 0.500. The van der Waals surface area contributed by atoms with Crippen LogP contribution in [0, 0.1) is 17.8 Å². The van der Waals surface area contributed by atoms with Crippen LogP contribution in [0.15, 0.2) is 42.5 Å². The van der Waals surface area contributed by atoms with Gasteiger partial charge in [0.2, 0.25) is 0 Å². The summed E-state index contributed by atoms with van der Waals surface area (Å²) in [5.41, 5.74) is -1.72. The zero-order chi connectivity index (χ0) is 26.3. The molecule has 2 aromatic carbocycles. The van der Waals surface area contributed by atoms with Crippen molar-refractivity contribution < 1.29 is 40.6 Å². The van der Waals surface area contributed by atoms with E-state index in [0.29, 0.717) is 29.9 Å². The monoisotopic (exact) mass is 515 g/mol. The molecule has 0 spiro atoms. The van der Waals surface area contributed by atoms with E-state index in [2.05, 4.69) is 0 Å². The molecule has 0 N–H and O–H groups in total. The Bertz CT molecular complexity index is 1090. The van der Waals surface area contributed by atoms with Crippen molar-refractivity contribution in [3.05, 3.63) is 59.2 Å². The Morgan fingerprint density at radius 1 is 1.03 bits per heavy atom. The van der Waals surface area contributed by atoms with Crippen LogP contribution in [-0.4, -0.2) is 32.8 Å². The van der Waals surface area contributed by atoms with E-state index >= 15 is 0 Å². The summed E-state index contributed by atoms with van der Waals surface area (Å²) in [5, 5.41) is 0. The van der Waals surface area contributed by atoms with E-state index in [0.717, 1.165) is 18.4 Å². The number of nitrogens with zero attached hydrogens (tertiary/aromatic N) is 1. The third-order valence-corrected chi connectivity index (χ3v) is 6.90. The Morgan fingerprint density at radius 2 is 1.72 bits per heavy atom. The topological polar surface area (TPSA) is 38.8 Å². The van der Waals surface area contributed by atoms with Gasteiger partial charge < -0.3 is 14.4 Å². The van der Waals surface area contributed by atoms with Gasteiger partial charge in [-0.15, -0.1) is 0 Å². The molecule has 0 unspecified atom stereocenters. The van der Waals surface area contributed by atoms with E-state index in [1.165, 1.54) is 12.0 Å². The van der Waals surface area contributed by atoms with Crippen LogP contribution in [-0.2, 0) is 21.9 Å². The Kier molecular flexibility index (Phi) is 7.16. The van der Waals surface area contributed by atoms with Gasteiger partial charge in [-0.3, -0.25) is 4.79 Å². The number of rotatable bonds is 8. The molecule has 0 amide bonds. The number of alkyl halides is 6. The smallest absolute Gasteiger partial charge is 0.418 e. The minimum Gasteiger partial charge on any atom is -0.493 e. The highest BCUT2D eigenvalue weighted by Gasteiger charge is 2.41. The summed E-state index contributed by atoms with van der Waals surface area (Å²) in [6.07, 6.45) is -7.43. The second-order valence-corrected chi connectivity index (χ2v) is 9.56. The number of methoxy groups -OCH3 is 1. The van der Waals surface area contributed by atoms with Gasteiger partial charge in [0, 0.05) is 24.7 Å². The molecule has 4 rings (SSSR count). The number of halogens is 6. The van der Waals surface area contributed by atoms with Crippen LogP contribution < -0.4 is 9.64 Å². The molecule has 2 fully saturated rings. The lowest BCUT2D eigenvalue weighted by Gasteiger charge is -2.42. The second-order valence-electron chi connectivity index (χ2n) is 9.56. The molecule has 10 heteroatoms. The van der Waals surface area contributed by atoms with Crippen molar-refractivity contribution in [2.75, 3.05) is 31.7 Å². The molecule has 2 aliphatic rings. The molecule has 0 aromatic heterocycles. The summed E-state index contributed by atoms with van der Waals surface area (Å²) in [6, 6.07) is 8.90. The van der Waals surface area contributed by atoms with Crippen LogP contribution in [0.5, 0.6) is 5.75 Å². The number of hydrogen-bond acceptors (Lipinski definition) is 4. The number of hydrogen-bond donors (Lipinski definition) is 0. The second kappa shape index (κ2) is 9.86.